The summed E-state index contributed by atoms with van der Waals surface area (Å²) in [6.45, 7) is 0.275. The van der Waals surface area contributed by atoms with Gasteiger partial charge in [-0.2, -0.15) is 5.10 Å². The van der Waals surface area contributed by atoms with E-state index in [1.807, 2.05) is 83.7 Å². The predicted octanol–water partition coefficient (Wildman–Crippen LogP) is 4.76. The summed E-state index contributed by atoms with van der Waals surface area (Å²) in [5.41, 5.74) is 3.80. The summed E-state index contributed by atoms with van der Waals surface area (Å²) >= 11 is 0. The summed E-state index contributed by atoms with van der Waals surface area (Å²) in [5, 5.41) is 5.57. The van der Waals surface area contributed by atoms with E-state index in [0.717, 1.165) is 22.2 Å². The van der Waals surface area contributed by atoms with Gasteiger partial charge in [0.05, 0.1) is 37.9 Å². The van der Waals surface area contributed by atoms with Crippen molar-refractivity contribution in [2.75, 3.05) is 14.2 Å². The van der Waals surface area contributed by atoms with Gasteiger partial charge in [0.25, 0.3) is 0 Å². The molecule has 0 atom stereocenters. The molecule has 3 aromatic carbocycles. The summed E-state index contributed by atoms with van der Waals surface area (Å²) in [7, 11) is 2.84. The van der Waals surface area contributed by atoms with Crippen molar-refractivity contribution in [1.29, 1.82) is 0 Å². The van der Waals surface area contributed by atoms with Crippen LogP contribution >= 0.6 is 0 Å². The molecule has 0 radical (unpaired) electrons. The van der Waals surface area contributed by atoms with Crippen molar-refractivity contribution in [1.82, 2.24) is 9.78 Å². The third-order valence-electron chi connectivity index (χ3n) is 4.88. The highest BCUT2D eigenvalue weighted by Gasteiger charge is 2.17. The molecule has 0 N–H and O–H groups in total. The Hall–Kier alpha value is -4.06. The normalized spacial score (nSPS) is 11.4. The van der Waals surface area contributed by atoms with Gasteiger partial charge in [0, 0.05) is 11.5 Å². The molecule has 0 fully saturated rings. The maximum Gasteiger partial charge on any atom is 0.341 e. The van der Waals surface area contributed by atoms with Crippen LogP contribution in [-0.2, 0) is 20.9 Å². The molecule has 0 unspecified atom stereocenters. The first-order valence-corrected chi connectivity index (χ1v) is 9.77. The molecule has 0 aliphatic carbocycles. The first-order valence-electron chi connectivity index (χ1n) is 9.77. The average molecular weight is 414 g/mol. The van der Waals surface area contributed by atoms with Crippen molar-refractivity contribution in [3.63, 3.8) is 0 Å². The number of hydrogen-bond donors (Lipinski definition) is 0. The maximum atomic E-state index is 12.2. The van der Waals surface area contributed by atoms with Crippen LogP contribution in [0, 0.1) is 0 Å². The molecule has 0 aliphatic heterocycles. The minimum Gasteiger partial charge on any atom is -0.503 e. The molecule has 1 heterocycles. The van der Waals surface area contributed by atoms with Crippen molar-refractivity contribution >= 4 is 22.4 Å². The van der Waals surface area contributed by atoms with E-state index < -0.39 is 5.97 Å². The zero-order valence-electron chi connectivity index (χ0n) is 17.3. The zero-order valence-corrected chi connectivity index (χ0v) is 17.3. The Morgan fingerprint density at radius 2 is 1.81 bits per heavy atom. The molecule has 4 rings (SSSR count). The highest BCUT2D eigenvalue weighted by atomic mass is 16.5. The molecule has 0 saturated heterocycles. The molecule has 0 aliphatic rings. The van der Waals surface area contributed by atoms with Crippen LogP contribution in [0.15, 0.2) is 85.3 Å². The molecule has 6 nitrogen and oxygen atoms in total. The number of carbonyl (C=O) groups is 1. The number of para-hydroxylation sites is 1. The standard InChI is InChI=1S/C25H22N2O4/c1-29-17-23(25(28)30-2)22-12-5-3-9-19(22)16-31-21-11-7-10-20(14-21)27-24-13-6-4-8-18(24)15-26-27/h3-15,17H,16H2,1-2H3/b23-17+. The van der Waals surface area contributed by atoms with Gasteiger partial charge in [-0.1, -0.05) is 48.5 Å². The number of hydrogen-bond acceptors (Lipinski definition) is 5. The van der Waals surface area contributed by atoms with E-state index in [9.17, 15) is 4.79 Å². The second-order valence-electron chi connectivity index (χ2n) is 6.82. The third kappa shape index (κ3) is 4.28. The van der Waals surface area contributed by atoms with Crippen LogP contribution < -0.4 is 4.74 Å². The van der Waals surface area contributed by atoms with Crippen molar-refractivity contribution in [3.05, 3.63) is 96.4 Å². The van der Waals surface area contributed by atoms with Gasteiger partial charge in [-0.25, -0.2) is 9.48 Å². The molecule has 4 aromatic rings. The fourth-order valence-corrected chi connectivity index (χ4v) is 3.40. The van der Waals surface area contributed by atoms with Crippen molar-refractivity contribution in [3.8, 4) is 11.4 Å². The summed E-state index contributed by atoms with van der Waals surface area (Å²) in [4.78, 5) is 12.2. The van der Waals surface area contributed by atoms with E-state index in [4.69, 9.17) is 14.2 Å². The second-order valence-corrected chi connectivity index (χ2v) is 6.82. The van der Waals surface area contributed by atoms with Crippen LogP contribution in [0.3, 0.4) is 0 Å². The van der Waals surface area contributed by atoms with Gasteiger partial charge < -0.3 is 14.2 Å². The van der Waals surface area contributed by atoms with Gasteiger partial charge in [-0.05, 0) is 29.3 Å². The molecule has 1 aromatic heterocycles. The molecule has 6 heteroatoms. The molecule has 31 heavy (non-hydrogen) atoms. The smallest absolute Gasteiger partial charge is 0.341 e. The Labute approximate surface area is 180 Å². The van der Waals surface area contributed by atoms with E-state index in [2.05, 4.69) is 5.10 Å². The number of ether oxygens (including phenoxy) is 3. The summed E-state index contributed by atoms with van der Waals surface area (Å²) in [6.07, 6.45) is 3.23. The topological polar surface area (TPSA) is 62.6 Å². The van der Waals surface area contributed by atoms with Crippen LogP contribution in [-0.4, -0.2) is 30.0 Å². The number of esters is 1. The van der Waals surface area contributed by atoms with E-state index in [0.29, 0.717) is 16.9 Å². The number of carbonyl (C=O) groups excluding carboxylic acids is 1. The first kappa shape index (κ1) is 20.2. The van der Waals surface area contributed by atoms with Gasteiger partial charge in [0.2, 0.25) is 0 Å². The minimum absolute atomic E-state index is 0.275. The Balaban J connectivity index is 1.59. The quantitative estimate of drug-likeness (QED) is 0.248. The van der Waals surface area contributed by atoms with E-state index >= 15 is 0 Å². The van der Waals surface area contributed by atoms with Crippen LogP contribution in [0.2, 0.25) is 0 Å². The lowest BCUT2D eigenvalue weighted by Crippen LogP contribution is -2.08. The van der Waals surface area contributed by atoms with Gasteiger partial charge in [0.15, 0.2) is 0 Å². The molecule has 156 valence electrons. The lowest BCUT2D eigenvalue weighted by molar-refractivity contribution is -0.133. The van der Waals surface area contributed by atoms with Crippen LogP contribution in [0.5, 0.6) is 5.75 Å². The predicted molar refractivity (Wildman–Crippen MR) is 119 cm³/mol. The second kappa shape index (κ2) is 9.17. The van der Waals surface area contributed by atoms with Crippen LogP contribution in [0.25, 0.3) is 22.2 Å². The van der Waals surface area contributed by atoms with Crippen LogP contribution in [0.1, 0.15) is 11.1 Å². The largest absolute Gasteiger partial charge is 0.503 e. The third-order valence-corrected chi connectivity index (χ3v) is 4.88. The van der Waals surface area contributed by atoms with Gasteiger partial charge in [-0.3, -0.25) is 0 Å². The number of methoxy groups -OCH3 is 2. The Kier molecular flexibility index (Phi) is 5.98. The fraction of sp³-hybridized carbons (Fsp3) is 0.120. The van der Waals surface area contributed by atoms with Crippen LogP contribution in [0.4, 0.5) is 0 Å². The lowest BCUT2D eigenvalue weighted by atomic mass is 10.0. The molecular weight excluding hydrogens is 392 g/mol. The number of aromatic nitrogens is 2. The zero-order chi connectivity index (χ0) is 21.6. The first-order chi connectivity index (χ1) is 15.2. The van der Waals surface area contributed by atoms with Crippen molar-refractivity contribution in [2.45, 2.75) is 6.61 Å². The fourth-order valence-electron chi connectivity index (χ4n) is 3.40. The molecule has 0 bridgehead atoms. The molecule has 0 spiro atoms. The summed E-state index contributed by atoms with van der Waals surface area (Å²) < 4.78 is 17.9. The Morgan fingerprint density at radius 1 is 1.00 bits per heavy atom. The summed E-state index contributed by atoms with van der Waals surface area (Å²) in [6, 6.07) is 23.3. The number of benzene rings is 3. The molecule has 0 saturated carbocycles. The van der Waals surface area contributed by atoms with E-state index in [-0.39, 0.29) is 6.61 Å². The number of nitrogens with zero attached hydrogens (tertiary/aromatic N) is 2. The maximum absolute atomic E-state index is 12.2. The van der Waals surface area contributed by atoms with Gasteiger partial charge in [-0.15, -0.1) is 0 Å². The number of rotatable bonds is 7. The van der Waals surface area contributed by atoms with E-state index in [1.165, 1.54) is 20.5 Å². The van der Waals surface area contributed by atoms with E-state index in [1.54, 1.807) is 0 Å². The SMILES string of the molecule is CO/C=C(/C(=O)OC)c1ccccc1COc1cccc(-n2ncc3ccccc32)c1. The minimum atomic E-state index is -0.471. The number of fused-ring (bicyclic) bond motifs is 1. The average Bonchev–Trinajstić information content (AvgIpc) is 3.25. The van der Waals surface area contributed by atoms with Crippen molar-refractivity contribution in [2.24, 2.45) is 0 Å². The molecular formula is C25H22N2O4. The highest BCUT2D eigenvalue weighted by molar-refractivity contribution is 6.16. The summed E-state index contributed by atoms with van der Waals surface area (Å²) in [5.74, 6) is 0.226. The lowest BCUT2D eigenvalue weighted by Gasteiger charge is -2.13. The van der Waals surface area contributed by atoms with Crippen molar-refractivity contribution < 1.29 is 19.0 Å². The monoisotopic (exact) mass is 414 g/mol. The molecule has 0 amide bonds. The van der Waals surface area contributed by atoms with Gasteiger partial charge >= 0.3 is 5.97 Å². The van der Waals surface area contributed by atoms with Gasteiger partial charge in [0.1, 0.15) is 17.9 Å². The Bertz CT molecular complexity index is 1240. The Morgan fingerprint density at radius 3 is 2.65 bits per heavy atom. The highest BCUT2D eigenvalue weighted by Crippen LogP contribution is 2.25.